The quantitative estimate of drug-likeness (QED) is 0.802. The van der Waals surface area contributed by atoms with Gasteiger partial charge in [-0.15, -0.1) is 11.3 Å². The summed E-state index contributed by atoms with van der Waals surface area (Å²) in [5.74, 6) is 0.137. The summed E-state index contributed by atoms with van der Waals surface area (Å²) in [5.41, 5.74) is 0. The summed E-state index contributed by atoms with van der Waals surface area (Å²) < 4.78 is 0. The summed E-state index contributed by atoms with van der Waals surface area (Å²) in [6.07, 6.45) is 4.47. The number of nitrogens with zero attached hydrogens (tertiary/aromatic N) is 1. The number of hydrogen-bond acceptors (Lipinski definition) is 4. The molecule has 1 amide bonds. The van der Waals surface area contributed by atoms with Crippen molar-refractivity contribution >= 4 is 22.4 Å². The van der Waals surface area contributed by atoms with Crippen LogP contribution in [0.3, 0.4) is 0 Å². The lowest BCUT2D eigenvalue weighted by Crippen LogP contribution is -2.26. The number of carbonyl (C=O) groups excluding carboxylic acids is 1. The molecule has 2 N–H and O–H groups in total. The summed E-state index contributed by atoms with van der Waals surface area (Å²) in [4.78, 5) is 16.8. The average Bonchev–Trinajstić information content (AvgIpc) is 2.46. The fraction of sp³-hybridized carbons (Fsp3) is 0.600. The van der Waals surface area contributed by atoms with E-state index in [1.54, 1.807) is 11.3 Å². The molecule has 0 saturated carbocycles. The molecule has 0 aromatic carbocycles. The topological polar surface area (TPSA) is 54.0 Å². The van der Waals surface area contributed by atoms with Crippen molar-refractivity contribution in [2.75, 3.05) is 11.9 Å². The summed E-state index contributed by atoms with van der Waals surface area (Å²) in [7, 11) is 0. The number of carbonyl (C=O) groups is 1. The Morgan fingerprint density at radius 3 is 3.27 bits per heavy atom. The van der Waals surface area contributed by atoms with E-state index < -0.39 is 0 Å². The van der Waals surface area contributed by atoms with Crippen LogP contribution in [0.5, 0.6) is 0 Å². The Labute approximate surface area is 93.1 Å². The molecule has 15 heavy (non-hydrogen) atoms. The number of amides is 1. The van der Waals surface area contributed by atoms with Crippen molar-refractivity contribution < 1.29 is 4.79 Å². The Hall–Kier alpha value is -1.10. The summed E-state index contributed by atoms with van der Waals surface area (Å²) in [6, 6.07) is 0.234. The summed E-state index contributed by atoms with van der Waals surface area (Å²) in [5, 5.41) is 7.11. The van der Waals surface area contributed by atoms with E-state index in [0.29, 0.717) is 6.42 Å². The first-order valence-electron chi connectivity index (χ1n) is 5.20. The molecular weight excluding hydrogens is 210 g/mol. The van der Waals surface area contributed by atoms with Crippen molar-refractivity contribution in [1.82, 2.24) is 10.3 Å². The molecule has 82 valence electrons. The molecule has 4 nitrogen and oxygen atoms in total. The van der Waals surface area contributed by atoms with E-state index in [-0.39, 0.29) is 11.9 Å². The lowest BCUT2D eigenvalue weighted by molar-refractivity contribution is -0.120. The van der Waals surface area contributed by atoms with E-state index in [1.165, 1.54) is 4.88 Å². The van der Waals surface area contributed by atoms with Crippen LogP contribution in [0.15, 0.2) is 6.20 Å². The van der Waals surface area contributed by atoms with Crippen molar-refractivity contribution in [3.63, 3.8) is 0 Å². The number of hydrogen-bond donors (Lipinski definition) is 2. The normalized spacial score (nSPS) is 21.9. The molecule has 1 unspecified atom stereocenters. The first-order valence-corrected chi connectivity index (χ1v) is 6.01. The molecule has 1 atom stereocenters. The molecule has 1 aliphatic heterocycles. The first-order chi connectivity index (χ1) is 7.24. The van der Waals surface area contributed by atoms with Crippen molar-refractivity contribution in [2.24, 2.45) is 0 Å². The van der Waals surface area contributed by atoms with Crippen LogP contribution < -0.4 is 10.6 Å². The predicted octanol–water partition coefficient (Wildman–Crippen LogP) is 1.53. The molecule has 0 spiro atoms. The highest BCUT2D eigenvalue weighted by Gasteiger charge is 2.17. The predicted molar refractivity (Wildman–Crippen MR) is 61.1 cm³/mol. The van der Waals surface area contributed by atoms with Gasteiger partial charge in [-0.25, -0.2) is 4.98 Å². The monoisotopic (exact) mass is 225 g/mol. The van der Waals surface area contributed by atoms with Gasteiger partial charge in [0.25, 0.3) is 0 Å². The van der Waals surface area contributed by atoms with Crippen LogP contribution in [0, 0.1) is 6.92 Å². The van der Waals surface area contributed by atoms with Gasteiger partial charge in [-0.05, 0) is 19.8 Å². The van der Waals surface area contributed by atoms with E-state index >= 15 is 0 Å². The number of nitrogens with one attached hydrogen (secondary N) is 2. The standard InChI is InChI=1S/C10H15N3OS/c1-7-6-12-10(15-7)13-8-3-2-4-11-9(14)5-8/h6,8H,2-5H2,1H3,(H,11,14)(H,12,13). The van der Waals surface area contributed by atoms with Crippen LogP contribution in [-0.2, 0) is 4.79 Å². The Morgan fingerprint density at radius 1 is 1.67 bits per heavy atom. The van der Waals surface area contributed by atoms with Crippen LogP contribution >= 0.6 is 11.3 Å². The van der Waals surface area contributed by atoms with Gasteiger partial charge < -0.3 is 10.6 Å². The molecule has 1 aromatic rings. The van der Waals surface area contributed by atoms with E-state index in [9.17, 15) is 4.79 Å². The van der Waals surface area contributed by atoms with Crippen LogP contribution in [0.1, 0.15) is 24.1 Å². The Morgan fingerprint density at radius 2 is 2.53 bits per heavy atom. The maximum absolute atomic E-state index is 11.3. The van der Waals surface area contributed by atoms with Gasteiger partial charge in [0.1, 0.15) is 0 Å². The molecular formula is C10H15N3OS. The first kappa shape index (κ1) is 10.4. The van der Waals surface area contributed by atoms with Crippen LogP contribution in [-0.4, -0.2) is 23.5 Å². The second-order valence-corrected chi connectivity index (χ2v) is 5.05. The molecule has 2 rings (SSSR count). The molecule has 2 heterocycles. The van der Waals surface area contributed by atoms with Crippen LogP contribution in [0.2, 0.25) is 0 Å². The van der Waals surface area contributed by atoms with Crippen molar-refractivity contribution in [2.45, 2.75) is 32.2 Å². The fourth-order valence-corrected chi connectivity index (χ4v) is 2.43. The van der Waals surface area contributed by atoms with Gasteiger partial charge in [-0.3, -0.25) is 4.79 Å². The minimum atomic E-state index is 0.137. The van der Waals surface area contributed by atoms with Gasteiger partial charge in [-0.1, -0.05) is 0 Å². The smallest absolute Gasteiger partial charge is 0.222 e. The van der Waals surface area contributed by atoms with E-state index in [0.717, 1.165) is 24.5 Å². The minimum Gasteiger partial charge on any atom is -0.358 e. The highest BCUT2D eigenvalue weighted by atomic mass is 32.1. The van der Waals surface area contributed by atoms with Crippen molar-refractivity contribution in [3.8, 4) is 0 Å². The molecule has 1 aliphatic rings. The van der Waals surface area contributed by atoms with Gasteiger partial charge in [0.2, 0.25) is 5.91 Å². The maximum atomic E-state index is 11.3. The third-order valence-electron chi connectivity index (χ3n) is 2.43. The third-order valence-corrected chi connectivity index (χ3v) is 3.28. The highest BCUT2D eigenvalue weighted by Crippen LogP contribution is 2.20. The number of anilines is 1. The largest absolute Gasteiger partial charge is 0.358 e. The molecule has 0 radical (unpaired) electrons. The maximum Gasteiger partial charge on any atom is 0.222 e. The van der Waals surface area contributed by atoms with Gasteiger partial charge in [-0.2, -0.15) is 0 Å². The number of aromatic nitrogens is 1. The zero-order valence-electron chi connectivity index (χ0n) is 8.75. The van der Waals surface area contributed by atoms with E-state index in [4.69, 9.17) is 0 Å². The zero-order chi connectivity index (χ0) is 10.7. The molecule has 0 aliphatic carbocycles. The number of thiazole rings is 1. The number of aryl methyl sites for hydroxylation is 1. The summed E-state index contributed by atoms with van der Waals surface area (Å²) >= 11 is 1.64. The van der Waals surface area contributed by atoms with Gasteiger partial charge in [0.15, 0.2) is 5.13 Å². The molecule has 1 fully saturated rings. The lowest BCUT2D eigenvalue weighted by atomic mass is 10.1. The SMILES string of the molecule is Cc1cnc(NC2CCCNC(=O)C2)s1. The van der Waals surface area contributed by atoms with Crippen molar-refractivity contribution in [3.05, 3.63) is 11.1 Å². The molecule has 1 aromatic heterocycles. The number of rotatable bonds is 2. The fourth-order valence-electron chi connectivity index (χ4n) is 1.69. The Bertz CT molecular complexity index is 350. The van der Waals surface area contributed by atoms with E-state index in [2.05, 4.69) is 15.6 Å². The molecule has 0 bridgehead atoms. The Kier molecular flexibility index (Phi) is 3.20. The Balaban J connectivity index is 1.95. The molecule has 5 heteroatoms. The highest BCUT2D eigenvalue weighted by molar-refractivity contribution is 7.15. The van der Waals surface area contributed by atoms with Gasteiger partial charge in [0, 0.05) is 30.1 Å². The zero-order valence-corrected chi connectivity index (χ0v) is 9.56. The van der Waals surface area contributed by atoms with Crippen molar-refractivity contribution in [1.29, 1.82) is 0 Å². The summed E-state index contributed by atoms with van der Waals surface area (Å²) in [6.45, 7) is 2.83. The van der Waals surface area contributed by atoms with E-state index in [1.807, 2.05) is 13.1 Å². The lowest BCUT2D eigenvalue weighted by Gasteiger charge is -2.13. The second kappa shape index (κ2) is 4.61. The third kappa shape index (κ3) is 2.92. The molecule has 1 saturated heterocycles. The van der Waals surface area contributed by atoms with Crippen LogP contribution in [0.4, 0.5) is 5.13 Å². The average molecular weight is 225 g/mol. The van der Waals surface area contributed by atoms with Gasteiger partial charge in [0.05, 0.1) is 0 Å². The van der Waals surface area contributed by atoms with Crippen LogP contribution in [0.25, 0.3) is 0 Å². The van der Waals surface area contributed by atoms with Gasteiger partial charge >= 0.3 is 0 Å². The second-order valence-electron chi connectivity index (χ2n) is 3.81. The minimum absolute atomic E-state index is 0.137.